The first kappa shape index (κ1) is 14.1. The highest BCUT2D eigenvalue weighted by atomic mass is 15.0. The maximum Gasteiger partial charge on any atom is 0.0350 e. The lowest BCUT2D eigenvalue weighted by atomic mass is 9.86. The van der Waals surface area contributed by atoms with Crippen molar-refractivity contribution in [2.45, 2.75) is 64.5 Å². The molecule has 0 heterocycles. The Morgan fingerprint density at radius 2 is 1.80 bits per heavy atom. The molecule has 4 unspecified atom stereocenters. The minimum absolute atomic E-state index is 0.551. The Morgan fingerprint density at radius 1 is 1.05 bits per heavy atom. The van der Waals surface area contributed by atoms with Crippen molar-refractivity contribution in [1.82, 2.24) is 5.32 Å². The molecule has 3 rings (SSSR count). The molecule has 20 heavy (non-hydrogen) atoms. The molecule has 1 aromatic carbocycles. The summed E-state index contributed by atoms with van der Waals surface area (Å²) in [6.07, 6.45) is 8.40. The van der Waals surface area contributed by atoms with Gasteiger partial charge in [-0.2, -0.15) is 0 Å². The first-order chi connectivity index (χ1) is 9.81. The van der Waals surface area contributed by atoms with Crippen LogP contribution in [0.25, 0.3) is 0 Å². The van der Waals surface area contributed by atoms with Gasteiger partial charge in [-0.05, 0) is 42.6 Å². The SMILES string of the molecule is CCC(CC)C(NC1CC2CCC1C2)c1ccccc1. The van der Waals surface area contributed by atoms with Gasteiger partial charge in [-0.1, -0.05) is 63.4 Å². The van der Waals surface area contributed by atoms with Crippen LogP contribution in [0.2, 0.25) is 0 Å². The molecular formula is C19H29N. The van der Waals surface area contributed by atoms with E-state index < -0.39 is 0 Å². The predicted octanol–water partition coefficient (Wildman–Crippen LogP) is 4.94. The second-order valence-electron chi connectivity index (χ2n) is 6.91. The Hall–Kier alpha value is -0.820. The van der Waals surface area contributed by atoms with Crippen LogP contribution < -0.4 is 5.32 Å². The third-order valence-corrected chi connectivity index (χ3v) is 5.81. The summed E-state index contributed by atoms with van der Waals surface area (Å²) in [6, 6.07) is 12.5. The van der Waals surface area contributed by atoms with Gasteiger partial charge in [0.25, 0.3) is 0 Å². The number of benzene rings is 1. The second-order valence-corrected chi connectivity index (χ2v) is 6.91. The fourth-order valence-electron chi connectivity index (χ4n) is 4.60. The Balaban J connectivity index is 1.75. The first-order valence-electron chi connectivity index (χ1n) is 8.62. The van der Waals surface area contributed by atoms with Gasteiger partial charge in [-0.25, -0.2) is 0 Å². The van der Waals surface area contributed by atoms with E-state index >= 15 is 0 Å². The fourth-order valence-corrected chi connectivity index (χ4v) is 4.60. The van der Waals surface area contributed by atoms with Gasteiger partial charge < -0.3 is 5.32 Å². The number of hydrogen-bond donors (Lipinski definition) is 1. The van der Waals surface area contributed by atoms with Crippen LogP contribution in [-0.2, 0) is 0 Å². The average Bonchev–Trinajstić information content (AvgIpc) is 3.11. The van der Waals surface area contributed by atoms with Crippen LogP contribution in [0.1, 0.15) is 64.0 Å². The highest BCUT2D eigenvalue weighted by molar-refractivity contribution is 5.20. The van der Waals surface area contributed by atoms with Crippen molar-refractivity contribution in [3.05, 3.63) is 35.9 Å². The average molecular weight is 271 g/mol. The summed E-state index contributed by atoms with van der Waals surface area (Å²) in [5, 5.41) is 4.07. The molecule has 0 aromatic heterocycles. The molecule has 1 nitrogen and oxygen atoms in total. The van der Waals surface area contributed by atoms with Crippen molar-refractivity contribution < 1.29 is 0 Å². The van der Waals surface area contributed by atoms with E-state index in [0.29, 0.717) is 6.04 Å². The topological polar surface area (TPSA) is 12.0 Å². The third-order valence-electron chi connectivity index (χ3n) is 5.81. The summed E-state index contributed by atoms with van der Waals surface area (Å²) >= 11 is 0. The monoisotopic (exact) mass is 271 g/mol. The highest BCUT2D eigenvalue weighted by Crippen LogP contribution is 2.45. The van der Waals surface area contributed by atoms with E-state index in [1.165, 1.54) is 44.1 Å². The van der Waals surface area contributed by atoms with Crippen molar-refractivity contribution in [2.24, 2.45) is 17.8 Å². The summed E-state index contributed by atoms with van der Waals surface area (Å²) in [4.78, 5) is 0. The van der Waals surface area contributed by atoms with Crippen molar-refractivity contribution in [2.75, 3.05) is 0 Å². The molecule has 0 saturated heterocycles. The standard InChI is InChI=1S/C19H29N/c1-3-15(4-2)19(16-8-6-5-7-9-16)20-18-13-14-10-11-17(18)12-14/h5-9,14-15,17-20H,3-4,10-13H2,1-2H3. The molecule has 1 aromatic rings. The van der Waals surface area contributed by atoms with Crippen LogP contribution in [-0.4, -0.2) is 6.04 Å². The van der Waals surface area contributed by atoms with E-state index in [2.05, 4.69) is 49.5 Å². The maximum atomic E-state index is 4.07. The molecule has 0 aliphatic heterocycles. The zero-order valence-electron chi connectivity index (χ0n) is 13.0. The molecular weight excluding hydrogens is 242 g/mol. The smallest absolute Gasteiger partial charge is 0.0350 e. The molecule has 2 aliphatic carbocycles. The van der Waals surface area contributed by atoms with Crippen molar-refractivity contribution >= 4 is 0 Å². The molecule has 0 spiro atoms. The summed E-state index contributed by atoms with van der Waals surface area (Å²) in [7, 11) is 0. The van der Waals surface area contributed by atoms with Gasteiger partial charge in [0.05, 0.1) is 0 Å². The quantitative estimate of drug-likeness (QED) is 0.772. The van der Waals surface area contributed by atoms with Crippen LogP contribution in [0, 0.1) is 17.8 Å². The predicted molar refractivity (Wildman–Crippen MR) is 85.6 cm³/mol. The normalized spacial score (nSPS) is 30.1. The van der Waals surface area contributed by atoms with Gasteiger partial charge in [-0.15, -0.1) is 0 Å². The number of fused-ring (bicyclic) bond motifs is 2. The molecule has 2 fully saturated rings. The summed E-state index contributed by atoms with van der Waals surface area (Å²) in [5.41, 5.74) is 1.49. The number of rotatable bonds is 6. The molecule has 4 atom stereocenters. The van der Waals surface area contributed by atoms with Crippen molar-refractivity contribution in [3.8, 4) is 0 Å². The van der Waals surface area contributed by atoms with Gasteiger partial charge in [0, 0.05) is 12.1 Å². The van der Waals surface area contributed by atoms with Gasteiger partial charge in [-0.3, -0.25) is 0 Å². The van der Waals surface area contributed by atoms with Gasteiger partial charge in [0.15, 0.2) is 0 Å². The lowest BCUT2D eigenvalue weighted by molar-refractivity contribution is 0.259. The summed E-state index contributed by atoms with van der Waals surface area (Å²) in [6.45, 7) is 4.68. The Morgan fingerprint density at radius 3 is 2.35 bits per heavy atom. The lowest BCUT2D eigenvalue weighted by Gasteiger charge is -2.33. The summed E-state index contributed by atoms with van der Waals surface area (Å²) in [5.74, 6) is 2.74. The van der Waals surface area contributed by atoms with Gasteiger partial charge >= 0.3 is 0 Å². The molecule has 0 amide bonds. The Labute approximate surface area is 124 Å². The molecule has 2 aliphatic rings. The van der Waals surface area contributed by atoms with E-state index in [1.807, 2.05) is 0 Å². The van der Waals surface area contributed by atoms with Gasteiger partial charge in [0.1, 0.15) is 0 Å². The number of hydrogen-bond acceptors (Lipinski definition) is 1. The van der Waals surface area contributed by atoms with Crippen LogP contribution in [0.3, 0.4) is 0 Å². The van der Waals surface area contributed by atoms with Crippen LogP contribution in [0.4, 0.5) is 0 Å². The van der Waals surface area contributed by atoms with E-state index in [-0.39, 0.29) is 0 Å². The first-order valence-corrected chi connectivity index (χ1v) is 8.62. The zero-order chi connectivity index (χ0) is 13.9. The Bertz CT molecular complexity index is 409. The molecule has 2 saturated carbocycles. The second kappa shape index (κ2) is 6.30. The molecule has 110 valence electrons. The molecule has 1 heteroatoms. The highest BCUT2D eigenvalue weighted by Gasteiger charge is 2.40. The summed E-state index contributed by atoms with van der Waals surface area (Å²) < 4.78 is 0. The van der Waals surface area contributed by atoms with E-state index in [0.717, 1.165) is 23.8 Å². The molecule has 1 N–H and O–H groups in total. The molecule has 2 bridgehead atoms. The van der Waals surface area contributed by atoms with Crippen molar-refractivity contribution in [3.63, 3.8) is 0 Å². The fraction of sp³-hybridized carbons (Fsp3) is 0.684. The largest absolute Gasteiger partial charge is 0.307 e. The van der Waals surface area contributed by atoms with E-state index in [4.69, 9.17) is 0 Å². The van der Waals surface area contributed by atoms with E-state index in [1.54, 1.807) is 0 Å². The van der Waals surface area contributed by atoms with Gasteiger partial charge in [0.2, 0.25) is 0 Å². The number of nitrogens with one attached hydrogen (secondary N) is 1. The molecule has 0 radical (unpaired) electrons. The van der Waals surface area contributed by atoms with Crippen LogP contribution in [0.15, 0.2) is 30.3 Å². The minimum Gasteiger partial charge on any atom is -0.307 e. The van der Waals surface area contributed by atoms with Crippen molar-refractivity contribution in [1.29, 1.82) is 0 Å². The minimum atomic E-state index is 0.551. The zero-order valence-corrected chi connectivity index (χ0v) is 13.0. The van der Waals surface area contributed by atoms with Crippen LogP contribution in [0.5, 0.6) is 0 Å². The van der Waals surface area contributed by atoms with E-state index in [9.17, 15) is 0 Å². The third kappa shape index (κ3) is 2.79. The maximum absolute atomic E-state index is 4.07. The Kier molecular flexibility index (Phi) is 4.45. The van der Waals surface area contributed by atoms with Crippen LogP contribution >= 0.6 is 0 Å². The lowest BCUT2D eigenvalue weighted by Crippen LogP contribution is -2.39.